The standard InChI is InChI=1S/C18H14FNO4/c1-23-18(22)12-4-2-3-11(9-12)14-15(21)16(24-17(14)20)10-5-7-13(19)8-6-10/h2-9,16H,20H2,1H3. The molecule has 6 heteroatoms. The van der Waals surface area contributed by atoms with Gasteiger partial charge in [-0.1, -0.05) is 24.3 Å². The molecule has 0 fully saturated rings. The molecule has 24 heavy (non-hydrogen) atoms. The van der Waals surface area contributed by atoms with Crippen molar-refractivity contribution in [3.8, 4) is 0 Å². The molecular weight excluding hydrogens is 313 g/mol. The molecule has 0 amide bonds. The van der Waals surface area contributed by atoms with E-state index in [4.69, 9.17) is 10.5 Å². The third kappa shape index (κ3) is 2.74. The molecule has 0 saturated heterocycles. The van der Waals surface area contributed by atoms with Crippen LogP contribution in [0.1, 0.15) is 27.6 Å². The van der Waals surface area contributed by atoms with Crippen molar-refractivity contribution in [2.24, 2.45) is 5.73 Å². The minimum Gasteiger partial charge on any atom is -0.465 e. The van der Waals surface area contributed by atoms with Crippen LogP contribution in [-0.2, 0) is 14.3 Å². The first-order valence-electron chi connectivity index (χ1n) is 7.16. The summed E-state index contributed by atoms with van der Waals surface area (Å²) < 4.78 is 23.2. The van der Waals surface area contributed by atoms with Gasteiger partial charge in [-0.15, -0.1) is 0 Å². The fourth-order valence-electron chi connectivity index (χ4n) is 2.55. The van der Waals surface area contributed by atoms with Crippen LogP contribution in [0.5, 0.6) is 0 Å². The van der Waals surface area contributed by atoms with Crippen molar-refractivity contribution in [2.45, 2.75) is 6.10 Å². The van der Waals surface area contributed by atoms with Crippen LogP contribution in [0.15, 0.2) is 54.4 Å². The summed E-state index contributed by atoms with van der Waals surface area (Å²) in [6.07, 6.45) is -0.928. The first-order valence-corrected chi connectivity index (χ1v) is 7.16. The summed E-state index contributed by atoms with van der Waals surface area (Å²) in [4.78, 5) is 24.3. The van der Waals surface area contributed by atoms with Gasteiger partial charge < -0.3 is 15.2 Å². The summed E-state index contributed by atoms with van der Waals surface area (Å²) in [6, 6.07) is 11.8. The Morgan fingerprint density at radius 2 is 1.92 bits per heavy atom. The van der Waals surface area contributed by atoms with Crippen molar-refractivity contribution in [1.29, 1.82) is 0 Å². The van der Waals surface area contributed by atoms with Crippen molar-refractivity contribution < 1.29 is 23.5 Å². The van der Waals surface area contributed by atoms with Crippen molar-refractivity contribution in [3.05, 3.63) is 76.9 Å². The Kier molecular flexibility index (Phi) is 4.04. The largest absolute Gasteiger partial charge is 0.465 e. The molecule has 2 N–H and O–H groups in total. The van der Waals surface area contributed by atoms with Crippen molar-refractivity contribution in [1.82, 2.24) is 0 Å². The molecule has 1 unspecified atom stereocenters. The first-order chi connectivity index (χ1) is 11.5. The van der Waals surface area contributed by atoms with Gasteiger partial charge in [-0.05, 0) is 29.8 Å². The Labute approximate surface area is 137 Å². The van der Waals surface area contributed by atoms with Gasteiger partial charge in [-0.3, -0.25) is 4.79 Å². The zero-order valence-corrected chi connectivity index (χ0v) is 12.8. The first kappa shape index (κ1) is 15.7. The van der Waals surface area contributed by atoms with E-state index < -0.39 is 17.9 Å². The molecule has 5 nitrogen and oxygen atoms in total. The maximum absolute atomic E-state index is 13.0. The van der Waals surface area contributed by atoms with Crippen LogP contribution in [0.3, 0.4) is 0 Å². The van der Waals surface area contributed by atoms with E-state index in [0.717, 1.165) is 0 Å². The zero-order valence-electron chi connectivity index (χ0n) is 12.8. The summed E-state index contributed by atoms with van der Waals surface area (Å²) in [5.74, 6) is -1.30. The van der Waals surface area contributed by atoms with Gasteiger partial charge in [0, 0.05) is 5.56 Å². The lowest BCUT2D eigenvalue weighted by atomic mass is 9.96. The highest BCUT2D eigenvalue weighted by molar-refractivity contribution is 6.25. The quantitative estimate of drug-likeness (QED) is 0.877. The number of Topliss-reactive ketones (excluding diaryl/α,β-unsaturated/α-hetero) is 1. The van der Waals surface area contributed by atoms with Crippen molar-refractivity contribution in [3.63, 3.8) is 0 Å². The summed E-state index contributed by atoms with van der Waals surface area (Å²) in [7, 11) is 1.27. The lowest BCUT2D eigenvalue weighted by molar-refractivity contribution is -0.120. The van der Waals surface area contributed by atoms with Crippen LogP contribution in [0, 0.1) is 5.82 Å². The average molecular weight is 327 g/mol. The van der Waals surface area contributed by atoms with Gasteiger partial charge in [0.1, 0.15) is 5.82 Å². The molecule has 0 aromatic heterocycles. The summed E-state index contributed by atoms with van der Waals surface area (Å²) >= 11 is 0. The fourth-order valence-corrected chi connectivity index (χ4v) is 2.55. The second kappa shape index (κ2) is 6.16. The number of esters is 1. The molecule has 0 saturated carbocycles. The van der Waals surface area contributed by atoms with E-state index in [9.17, 15) is 14.0 Å². The Morgan fingerprint density at radius 3 is 2.58 bits per heavy atom. The zero-order chi connectivity index (χ0) is 17.3. The Morgan fingerprint density at radius 1 is 1.21 bits per heavy atom. The smallest absolute Gasteiger partial charge is 0.337 e. The fraction of sp³-hybridized carbons (Fsp3) is 0.111. The number of carbonyl (C=O) groups is 2. The van der Waals surface area contributed by atoms with E-state index in [-0.39, 0.29) is 17.2 Å². The number of carbonyl (C=O) groups excluding carboxylic acids is 2. The molecule has 3 rings (SSSR count). The average Bonchev–Trinajstić information content (AvgIpc) is 2.89. The van der Waals surface area contributed by atoms with Gasteiger partial charge in [0.2, 0.25) is 5.78 Å². The third-order valence-corrected chi connectivity index (χ3v) is 3.72. The molecule has 0 spiro atoms. The number of rotatable bonds is 3. The maximum Gasteiger partial charge on any atom is 0.337 e. The highest BCUT2D eigenvalue weighted by atomic mass is 19.1. The van der Waals surface area contributed by atoms with E-state index in [2.05, 4.69) is 4.74 Å². The molecule has 2 aromatic rings. The van der Waals surface area contributed by atoms with Crippen LogP contribution in [0.25, 0.3) is 5.57 Å². The number of hydrogen-bond acceptors (Lipinski definition) is 5. The molecule has 1 aliphatic rings. The second-order valence-corrected chi connectivity index (χ2v) is 5.23. The summed E-state index contributed by atoms with van der Waals surface area (Å²) in [6.45, 7) is 0. The van der Waals surface area contributed by atoms with E-state index in [1.165, 1.54) is 37.4 Å². The van der Waals surface area contributed by atoms with Gasteiger partial charge in [0.25, 0.3) is 0 Å². The molecule has 122 valence electrons. The molecule has 1 aliphatic heterocycles. The van der Waals surface area contributed by atoms with Gasteiger partial charge in [-0.2, -0.15) is 0 Å². The van der Waals surface area contributed by atoms with Crippen LogP contribution in [0.2, 0.25) is 0 Å². The Hall–Kier alpha value is -3.15. The van der Waals surface area contributed by atoms with E-state index >= 15 is 0 Å². The molecule has 1 heterocycles. The van der Waals surface area contributed by atoms with Crippen molar-refractivity contribution >= 4 is 17.3 Å². The minimum absolute atomic E-state index is 0.0312. The predicted octanol–water partition coefficient (Wildman–Crippen LogP) is 2.58. The normalized spacial score (nSPS) is 16.9. The van der Waals surface area contributed by atoms with Crippen LogP contribution in [0.4, 0.5) is 4.39 Å². The number of ether oxygens (including phenoxy) is 2. The minimum atomic E-state index is -0.928. The number of nitrogens with two attached hydrogens (primary N) is 1. The maximum atomic E-state index is 13.0. The highest BCUT2D eigenvalue weighted by Gasteiger charge is 2.36. The Bertz CT molecular complexity index is 842. The van der Waals surface area contributed by atoms with E-state index in [1.807, 2.05) is 0 Å². The molecular formula is C18H14FNO4. The molecule has 1 atom stereocenters. The van der Waals surface area contributed by atoms with Gasteiger partial charge in [0.15, 0.2) is 12.0 Å². The number of hydrogen-bond donors (Lipinski definition) is 1. The Balaban J connectivity index is 1.94. The monoisotopic (exact) mass is 327 g/mol. The summed E-state index contributed by atoms with van der Waals surface area (Å²) in [5, 5.41) is 0. The van der Waals surface area contributed by atoms with E-state index in [0.29, 0.717) is 16.7 Å². The molecule has 0 radical (unpaired) electrons. The molecule has 2 aromatic carbocycles. The lowest BCUT2D eigenvalue weighted by Crippen LogP contribution is -2.10. The van der Waals surface area contributed by atoms with Crippen LogP contribution in [-0.4, -0.2) is 18.9 Å². The summed E-state index contributed by atoms with van der Waals surface area (Å²) in [5.41, 5.74) is 7.32. The van der Waals surface area contributed by atoms with Gasteiger partial charge in [-0.25, -0.2) is 9.18 Å². The number of methoxy groups -OCH3 is 1. The lowest BCUT2D eigenvalue weighted by Gasteiger charge is -2.10. The van der Waals surface area contributed by atoms with Crippen LogP contribution >= 0.6 is 0 Å². The SMILES string of the molecule is COC(=O)c1cccc(C2=C(N)OC(c3ccc(F)cc3)C2=O)c1. The van der Waals surface area contributed by atoms with Crippen molar-refractivity contribution in [2.75, 3.05) is 7.11 Å². The van der Waals surface area contributed by atoms with Gasteiger partial charge in [0.05, 0.1) is 18.2 Å². The van der Waals surface area contributed by atoms with Crippen LogP contribution < -0.4 is 5.73 Å². The predicted molar refractivity (Wildman–Crippen MR) is 84.1 cm³/mol. The molecule has 0 aliphatic carbocycles. The number of ketones is 1. The second-order valence-electron chi connectivity index (χ2n) is 5.23. The van der Waals surface area contributed by atoms with Gasteiger partial charge >= 0.3 is 5.97 Å². The number of benzene rings is 2. The number of halogens is 1. The topological polar surface area (TPSA) is 78.6 Å². The highest BCUT2D eigenvalue weighted by Crippen LogP contribution is 2.36. The third-order valence-electron chi connectivity index (χ3n) is 3.72. The van der Waals surface area contributed by atoms with E-state index in [1.54, 1.807) is 18.2 Å². The molecule has 0 bridgehead atoms.